The highest BCUT2D eigenvalue weighted by Crippen LogP contribution is 2.41. The minimum Gasteiger partial charge on any atom is -0.445 e. The van der Waals surface area contributed by atoms with Gasteiger partial charge in [-0.15, -0.1) is 0 Å². The van der Waals surface area contributed by atoms with Crippen LogP contribution in [0.2, 0.25) is 5.28 Å². The second-order valence-electron chi connectivity index (χ2n) is 6.15. The summed E-state index contributed by atoms with van der Waals surface area (Å²) in [4.78, 5) is 21.7. The van der Waals surface area contributed by atoms with Crippen LogP contribution in [0.3, 0.4) is 0 Å². The predicted molar refractivity (Wildman–Crippen MR) is 85.3 cm³/mol. The number of morpholine rings is 1. The van der Waals surface area contributed by atoms with Crippen LogP contribution in [-0.2, 0) is 10.9 Å². The summed E-state index contributed by atoms with van der Waals surface area (Å²) in [5.41, 5.74) is -1.95. The molecule has 1 saturated heterocycles. The molecule has 2 fully saturated rings. The number of carbonyl (C=O) groups is 1. The van der Waals surface area contributed by atoms with Crippen LogP contribution in [0.4, 0.5) is 19.0 Å². The van der Waals surface area contributed by atoms with E-state index in [0.29, 0.717) is 26.3 Å². The Hall–Kier alpha value is -2.07. The predicted octanol–water partition coefficient (Wildman–Crippen LogP) is 2.62. The first-order chi connectivity index (χ1) is 12.3. The second kappa shape index (κ2) is 6.27. The zero-order valence-corrected chi connectivity index (χ0v) is 14.2. The number of carbonyl (C=O) groups excluding carboxylic acids is 1. The molecular weight excluding hydrogens is 377 g/mol. The molecule has 2 aromatic rings. The lowest BCUT2D eigenvalue weighted by Gasteiger charge is -2.27. The average Bonchev–Trinajstić information content (AvgIpc) is 3.30. The van der Waals surface area contributed by atoms with Gasteiger partial charge in [-0.25, -0.2) is 4.98 Å². The van der Waals surface area contributed by atoms with Crippen molar-refractivity contribution >= 4 is 34.4 Å². The Balaban J connectivity index is 1.88. The van der Waals surface area contributed by atoms with Gasteiger partial charge in [0.1, 0.15) is 11.1 Å². The fraction of sp³-hybridized carbons (Fsp3) is 0.533. The van der Waals surface area contributed by atoms with Gasteiger partial charge in [-0.2, -0.15) is 18.2 Å². The minimum absolute atomic E-state index is 0.120. The topological polar surface area (TPSA) is 80.5 Å². The monoisotopic (exact) mass is 390 g/mol. The maximum atomic E-state index is 13.7. The van der Waals surface area contributed by atoms with Crippen molar-refractivity contribution in [3.8, 4) is 0 Å². The zero-order chi connectivity index (χ0) is 18.5. The standard InChI is InChI=1S/C15H14ClF3N4O3/c16-14-21-9-8(15(17,18)19)10(13(24)20-7-1-2-7)26-11(9)12(22-14)23-3-5-25-6-4-23/h7H,1-6H2,(H,20,24). The highest BCUT2D eigenvalue weighted by molar-refractivity contribution is 6.28. The van der Waals surface area contributed by atoms with E-state index in [0.717, 1.165) is 12.8 Å². The van der Waals surface area contributed by atoms with E-state index in [-0.39, 0.29) is 22.7 Å². The molecule has 0 atom stereocenters. The molecule has 1 aliphatic heterocycles. The molecule has 11 heteroatoms. The number of halogens is 4. The lowest BCUT2D eigenvalue weighted by atomic mass is 10.2. The number of fused-ring (bicyclic) bond motifs is 1. The van der Waals surface area contributed by atoms with Crippen molar-refractivity contribution in [3.63, 3.8) is 0 Å². The van der Waals surface area contributed by atoms with Crippen LogP contribution in [0.15, 0.2) is 4.42 Å². The molecule has 1 aliphatic carbocycles. The minimum atomic E-state index is -4.83. The molecule has 140 valence electrons. The van der Waals surface area contributed by atoms with E-state index < -0.39 is 28.9 Å². The number of aromatic nitrogens is 2. The van der Waals surface area contributed by atoms with E-state index in [1.54, 1.807) is 4.90 Å². The maximum absolute atomic E-state index is 13.7. The van der Waals surface area contributed by atoms with E-state index in [1.165, 1.54) is 0 Å². The van der Waals surface area contributed by atoms with Gasteiger partial charge >= 0.3 is 6.18 Å². The van der Waals surface area contributed by atoms with Crippen LogP contribution in [-0.4, -0.2) is 48.2 Å². The summed E-state index contributed by atoms with van der Waals surface area (Å²) >= 11 is 5.86. The smallest absolute Gasteiger partial charge is 0.422 e. The van der Waals surface area contributed by atoms with Gasteiger partial charge < -0.3 is 19.4 Å². The highest BCUT2D eigenvalue weighted by atomic mass is 35.5. The van der Waals surface area contributed by atoms with Gasteiger partial charge in [-0.1, -0.05) is 0 Å². The lowest BCUT2D eigenvalue weighted by molar-refractivity contribution is -0.137. The van der Waals surface area contributed by atoms with E-state index in [9.17, 15) is 18.0 Å². The molecule has 0 radical (unpaired) electrons. The van der Waals surface area contributed by atoms with E-state index >= 15 is 0 Å². The Morgan fingerprint density at radius 1 is 1.23 bits per heavy atom. The van der Waals surface area contributed by atoms with Crippen LogP contribution < -0.4 is 10.2 Å². The Morgan fingerprint density at radius 2 is 1.92 bits per heavy atom. The molecule has 2 aromatic heterocycles. The van der Waals surface area contributed by atoms with Crippen molar-refractivity contribution < 1.29 is 27.1 Å². The molecule has 26 heavy (non-hydrogen) atoms. The van der Waals surface area contributed by atoms with Gasteiger partial charge in [0, 0.05) is 19.1 Å². The number of alkyl halides is 3. The van der Waals surface area contributed by atoms with Crippen LogP contribution in [0.1, 0.15) is 29.0 Å². The SMILES string of the molecule is O=C(NC1CC1)c1oc2c(N3CCOCC3)nc(Cl)nc2c1C(F)(F)F. The molecule has 0 spiro atoms. The molecule has 4 rings (SSSR count). The average molecular weight is 391 g/mol. The highest BCUT2D eigenvalue weighted by Gasteiger charge is 2.43. The molecule has 2 aliphatic rings. The van der Waals surface area contributed by atoms with Crippen molar-refractivity contribution in [2.45, 2.75) is 25.1 Å². The summed E-state index contributed by atoms with van der Waals surface area (Å²) in [6, 6.07) is -0.120. The third-order valence-corrected chi connectivity index (χ3v) is 4.37. The Labute approximate surface area is 150 Å². The number of anilines is 1. The Morgan fingerprint density at radius 3 is 2.54 bits per heavy atom. The molecule has 3 heterocycles. The Bertz CT molecular complexity index is 860. The molecule has 1 N–H and O–H groups in total. The van der Waals surface area contributed by atoms with Crippen molar-refractivity contribution in [2.24, 2.45) is 0 Å². The van der Waals surface area contributed by atoms with Crippen LogP contribution in [0.25, 0.3) is 11.1 Å². The maximum Gasteiger partial charge on any atom is 0.422 e. The number of ether oxygens (including phenoxy) is 1. The summed E-state index contributed by atoms with van der Waals surface area (Å²) in [6.07, 6.45) is -3.36. The number of nitrogens with zero attached hydrogens (tertiary/aromatic N) is 3. The zero-order valence-electron chi connectivity index (χ0n) is 13.4. The van der Waals surface area contributed by atoms with Crippen LogP contribution in [0.5, 0.6) is 0 Å². The fourth-order valence-electron chi connectivity index (χ4n) is 2.83. The van der Waals surface area contributed by atoms with E-state index in [2.05, 4.69) is 15.3 Å². The van der Waals surface area contributed by atoms with Crippen molar-refractivity contribution in [1.82, 2.24) is 15.3 Å². The van der Waals surface area contributed by atoms with Gasteiger partial charge in [0.15, 0.2) is 11.4 Å². The molecular formula is C15H14ClF3N4O3. The summed E-state index contributed by atoms with van der Waals surface area (Å²) in [6.45, 7) is 1.61. The largest absolute Gasteiger partial charge is 0.445 e. The van der Waals surface area contributed by atoms with Gasteiger partial charge in [0.25, 0.3) is 5.91 Å². The molecule has 1 saturated carbocycles. The summed E-state index contributed by atoms with van der Waals surface area (Å²) in [5, 5.41) is 2.16. The molecule has 1 amide bonds. The first kappa shape index (κ1) is 17.3. The van der Waals surface area contributed by atoms with Crippen LogP contribution in [0, 0.1) is 0 Å². The lowest BCUT2D eigenvalue weighted by Crippen LogP contribution is -2.36. The van der Waals surface area contributed by atoms with Crippen molar-refractivity contribution in [3.05, 3.63) is 16.6 Å². The molecule has 7 nitrogen and oxygen atoms in total. The first-order valence-electron chi connectivity index (χ1n) is 8.05. The van der Waals surface area contributed by atoms with Crippen molar-refractivity contribution in [1.29, 1.82) is 0 Å². The summed E-state index contributed by atoms with van der Waals surface area (Å²) < 4.78 is 51.6. The normalized spacial score (nSPS) is 18.4. The third-order valence-electron chi connectivity index (χ3n) is 4.20. The number of hydrogen-bond acceptors (Lipinski definition) is 6. The third kappa shape index (κ3) is 3.18. The molecule has 0 aromatic carbocycles. The quantitative estimate of drug-likeness (QED) is 0.811. The first-order valence-corrected chi connectivity index (χ1v) is 8.43. The molecule has 0 unspecified atom stereocenters. The van der Waals surface area contributed by atoms with E-state index in [4.69, 9.17) is 20.8 Å². The number of amides is 1. The fourth-order valence-corrected chi connectivity index (χ4v) is 2.99. The van der Waals surface area contributed by atoms with Gasteiger partial charge in [-0.3, -0.25) is 4.79 Å². The second-order valence-corrected chi connectivity index (χ2v) is 6.48. The Kier molecular flexibility index (Phi) is 4.19. The van der Waals surface area contributed by atoms with Crippen LogP contribution >= 0.6 is 11.6 Å². The number of hydrogen-bond donors (Lipinski definition) is 1. The molecule has 0 bridgehead atoms. The van der Waals surface area contributed by atoms with Crippen molar-refractivity contribution in [2.75, 3.05) is 31.2 Å². The summed E-state index contributed by atoms with van der Waals surface area (Å²) in [5.74, 6) is -1.60. The summed E-state index contributed by atoms with van der Waals surface area (Å²) in [7, 11) is 0. The van der Waals surface area contributed by atoms with Gasteiger partial charge in [0.2, 0.25) is 11.0 Å². The van der Waals surface area contributed by atoms with E-state index in [1.807, 2.05) is 0 Å². The number of nitrogens with one attached hydrogen (secondary N) is 1. The van der Waals surface area contributed by atoms with Gasteiger partial charge in [-0.05, 0) is 24.4 Å². The number of furan rings is 1. The van der Waals surface area contributed by atoms with Gasteiger partial charge in [0.05, 0.1) is 13.2 Å². The number of rotatable bonds is 3.